The smallest absolute Gasteiger partial charge is 0.113 e. The van der Waals surface area contributed by atoms with Crippen LogP contribution in [0.5, 0.6) is 0 Å². The third kappa shape index (κ3) is 1.83. The van der Waals surface area contributed by atoms with Gasteiger partial charge >= 0.3 is 0 Å². The van der Waals surface area contributed by atoms with E-state index >= 15 is 0 Å². The summed E-state index contributed by atoms with van der Waals surface area (Å²) >= 11 is 1.70. The number of thiazole rings is 1. The van der Waals surface area contributed by atoms with Gasteiger partial charge in [-0.05, 0) is 6.92 Å². The van der Waals surface area contributed by atoms with E-state index in [4.69, 9.17) is 5.73 Å². The van der Waals surface area contributed by atoms with Crippen LogP contribution in [0.15, 0.2) is 18.7 Å². The molecule has 74 valence electrons. The predicted molar refractivity (Wildman–Crippen MR) is 56.1 cm³/mol. The normalized spacial score (nSPS) is 10.7. The summed E-state index contributed by atoms with van der Waals surface area (Å²) in [5, 5.41) is 1.09. The first-order chi connectivity index (χ1) is 6.79. The number of imidazole rings is 1. The fraction of sp³-hybridized carbons (Fsp3) is 0.333. The van der Waals surface area contributed by atoms with Gasteiger partial charge in [0.15, 0.2) is 0 Å². The Morgan fingerprint density at radius 2 is 2.36 bits per heavy atom. The average Bonchev–Trinajstić information content (AvgIpc) is 2.76. The molecule has 0 spiro atoms. The van der Waals surface area contributed by atoms with E-state index in [2.05, 4.69) is 16.9 Å². The molecule has 0 amide bonds. The first-order valence-electron chi connectivity index (χ1n) is 4.40. The Bertz CT molecular complexity index is 418. The van der Waals surface area contributed by atoms with Crippen LogP contribution in [0.3, 0.4) is 0 Å². The molecule has 5 heteroatoms. The van der Waals surface area contributed by atoms with Gasteiger partial charge in [0, 0.05) is 23.8 Å². The molecule has 14 heavy (non-hydrogen) atoms. The summed E-state index contributed by atoms with van der Waals surface area (Å²) in [5.74, 6) is 0. The van der Waals surface area contributed by atoms with Gasteiger partial charge in [0.25, 0.3) is 0 Å². The Hall–Kier alpha value is -1.20. The van der Waals surface area contributed by atoms with Gasteiger partial charge in [-0.1, -0.05) is 0 Å². The number of nitrogens with zero attached hydrogens (tertiary/aromatic N) is 3. The fourth-order valence-electron chi connectivity index (χ4n) is 1.28. The van der Waals surface area contributed by atoms with Crippen LogP contribution in [0.4, 0.5) is 0 Å². The van der Waals surface area contributed by atoms with Crippen molar-refractivity contribution in [2.24, 2.45) is 5.73 Å². The molecule has 4 nitrogen and oxygen atoms in total. The molecule has 2 heterocycles. The van der Waals surface area contributed by atoms with Crippen molar-refractivity contribution in [2.45, 2.75) is 20.0 Å². The SMILES string of the molecule is Cc1cnc(Cn2cncc2CN)s1. The van der Waals surface area contributed by atoms with Crippen LogP contribution >= 0.6 is 11.3 Å². The fourth-order valence-corrected chi connectivity index (χ4v) is 2.07. The zero-order chi connectivity index (χ0) is 9.97. The first kappa shape index (κ1) is 9.36. The summed E-state index contributed by atoms with van der Waals surface area (Å²) < 4.78 is 2.03. The molecule has 0 aliphatic carbocycles. The molecule has 0 aromatic carbocycles. The van der Waals surface area contributed by atoms with Gasteiger partial charge in [-0.15, -0.1) is 11.3 Å². The van der Waals surface area contributed by atoms with Gasteiger partial charge in [0.05, 0.1) is 18.6 Å². The highest BCUT2D eigenvalue weighted by atomic mass is 32.1. The summed E-state index contributed by atoms with van der Waals surface area (Å²) in [5.41, 5.74) is 6.62. The van der Waals surface area contributed by atoms with Gasteiger partial charge in [-0.2, -0.15) is 0 Å². The van der Waals surface area contributed by atoms with E-state index in [0.29, 0.717) is 6.54 Å². The van der Waals surface area contributed by atoms with Gasteiger partial charge < -0.3 is 10.3 Å². The number of rotatable bonds is 3. The van der Waals surface area contributed by atoms with Crippen LogP contribution in [-0.2, 0) is 13.1 Å². The molecule has 2 aromatic heterocycles. The van der Waals surface area contributed by atoms with Crippen molar-refractivity contribution in [3.8, 4) is 0 Å². The third-order valence-electron chi connectivity index (χ3n) is 1.98. The molecule has 0 atom stereocenters. The second-order valence-corrected chi connectivity index (χ2v) is 4.40. The molecule has 2 aromatic rings. The Morgan fingerprint density at radius 3 is 3.00 bits per heavy atom. The second-order valence-electron chi connectivity index (χ2n) is 3.08. The zero-order valence-electron chi connectivity index (χ0n) is 7.97. The highest BCUT2D eigenvalue weighted by Gasteiger charge is 2.03. The lowest BCUT2D eigenvalue weighted by Gasteiger charge is -2.02. The lowest BCUT2D eigenvalue weighted by molar-refractivity contribution is 0.735. The van der Waals surface area contributed by atoms with Crippen LogP contribution in [-0.4, -0.2) is 14.5 Å². The molecule has 0 aliphatic heterocycles. The number of hydrogen-bond donors (Lipinski definition) is 1. The lowest BCUT2D eigenvalue weighted by Crippen LogP contribution is -2.07. The van der Waals surface area contributed by atoms with E-state index in [1.807, 2.05) is 10.8 Å². The first-order valence-corrected chi connectivity index (χ1v) is 5.21. The van der Waals surface area contributed by atoms with Crippen LogP contribution in [0.2, 0.25) is 0 Å². The minimum atomic E-state index is 0.518. The second kappa shape index (κ2) is 3.89. The Morgan fingerprint density at radius 1 is 1.50 bits per heavy atom. The van der Waals surface area contributed by atoms with Gasteiger partial charge in [0.1, 0.15) is 5.01 Å². The molecule has 0 bridgehead atoms. The molecule has 2 N–H and O–H groups in total. The minimum absolute atomic E-state index is 0.518. The molecule has 0 aliphatic rings. The maximum Gasteiger partial charge on any atom is 0.113 e. The molecule has 0 saturated carbocycles. The standard InChI is InChI=1S/C9H12N4S/c1-7-3-12-9(14-7)5-13-6-11-4-8(13)2-10/h3-4,6H,2,5,10H2,1H3. The quantitative estimate of drug-likeness (QED) is 0.823. The summed E-state index contributed by atoms with van der Waals surface area (Å²) in [4.78, 5) is 9.58. The van der Waals surface area contributed by atoms with Crippen molar-refractivity contribution in [1.82, 2.24) is 14.5 Å². The largest absolute Gasteiger partial charge is 0.326 e. The Balaban J connectivity index is 2.18. The summed E-state index contributed by atoms with van der Waals surface area (Å²) in [6.45, 7) is 3.34. The van der Waals surface area contributed by atoms with Gasteiger partial charge in [-0.3, -0.25) is 0 Å². The van der Waals surface area contributed by atoms with Crippen molar-refractivity contribution in [3.05, 3.63) is 34.3 Å². The van der Waals surface area contributed by atoms with Crippen LogP contribution < -0.4 is 5.73 Å². The van der Waals surface area contributed by atoms with Gasteiger partial charge in [-0.25, -0.2) is 9.97 Å². The van der Waals surface area contributed by atoms with E-state index in [1.54, 1.807) is 23.9 Å². The number of aromatic nitrogens is 3. The maximum absolute atomic E-state index is 5.58. The number of nitrogens with two attached hydrogens (primary N) is 1. The maximum atomic E-state index is 5.58. The minimum Gasteiger partial charge on any atom is -0.326 e. The Kier molecular flexibility index (Phi) is 2.60. The molecule has 2 rings (SSSR count). The van der Waals surface area contributed by atoms with Crippen LogP contribution in [0, 0.1) is 6.92 Å². The summed E-state index contributed by atoms with van der Waals surface area (Å²) in [7, 11) is 0. The van der Waals surface area contributed by atoms with Crippen molar-refractivity contribution < 1.29 is 0 Å². The number of aryl methyl sites for hydroxylation is 1. The number of hydrogen-bond acceptors (Lipinski definition) is 4. The van der Waals surface area contributed by atoms with E-state index in [0.717, 1.165) is 17.2 Å². The molecule has 0 unspecified atom stereocenters. The molecule has 0 saturated heterocycles. The summed E-state index contributed by atoms with van der Waals surface area (Å²) in [6.07, 6.45) is 5.47. The zero-order valence-corrected chi connectivity index (χ0v) is 8.79. The van der Waals surface area contributed by atoms with E-state index in [-0.39, 0.29) is 0 Å². The average molecular weight is 208 g/mol. The summed E-state index contributed by atoms with van der Waals surface area (Å²) in [6, 6.07) is 0. The van der Waals surface area contributed by atoms with E-state index in [1.165, 1.54) is 4.88 Å². The monoisotopic (exact) mass is 208 g/mol. The Labute approximate surface area is 86.4 Å². The van der Waals surface area contributed by atoms with Crippen molar-refractivity contribution >= 4 is 11.3 Å². The van der Waals surface area contributed by atoms with Crippen LogP contribution in [0.1, 0.15) is 15.6 Å². The van der Waals surface area contributed by atoms with Gasteiger partial charge in [0.2, 0.25) is 0 Å². The van der Waals surface area contributed by atoms with Crippen molar-refractivity contribution in [1.29, 1.82) is 0 Å². The van der Waals surface area contributed by atoms with Crippen molar-refractivity contribution in [3.63, 3.8) is 0 Å². The lowest BCUT2D eigenvalue weighted by atomic mass is 10.4. The predicted octanol–water partition coefficient (Wildman–Crippen LogP) is 1.16. The molecule has 0 fully saturated rings. The van der Waals surface area contributed by atoms with Crippen LogP contribution in [0.25, 0.3) is 0 Å². The topological polar surface area (TPSA) is 56.7 Å². The van der Waals surface area contributed by atoms with E-state index in [9.17, 15) is 0 Å². The third-order valence-corrected chi connectivity index (χ3v) is 2.88. The molecular formula is C9H12N4S. The van der Waals surface area contributed by atoms with E-state index < -0.39 is 0 Å². The highest BCUT2D eigenvalue weighted by Crippen LogP contribution is 2.13. The van der Waals surface area contributed by atoms with Crippen molar-refractivity contribution in [2.75, 3.05) is 0 Å². The highest BCUT2D eigenvalue weighted by molar-refractivity contribution is 7.11. The molecular weight excluding hydrogens is 196 g/mol. The molecule has 0 radical (unpaired) electrons.